The highest BCUT2D eigenvalue weighted by Crippen LogP contribution is 2.18. The van der Waals surface area contributed by atoms with Crippen molar-refractivity contribution in [2.24, 2.45) is 0 Å². The van der Waals surface area contributed by atoms with Crippen LogP contribution in [0.3, 0.4) is 0 Å². The quantitative estimate of drug-likeness (QED) is 0.903. The van der Waals surface area contributed by atoms with Gasteiger partial charge in [0, 0.05) is 10.7 Å². The molecule has 0 spiro atoms. The molecule has 0 fully saturated rings. The summed E-state index contributed by atoms with van der Waals surface area (Å²) >= 11 is 3.29. The minimum Gasteiger partial charge on any atom is -0.478 e. The molecule has 5 nitrogen and oxygen atoms in total. The molecule has 0 saturated heterocycles. The van der Waals surface area contributed by atoms with E-state index in [9.17, 15) is 9.59 Å². The molecule has 20 heavy (non-hydrogen) atoms. The van der Waals surface area contributed by atoms with Gasteiger partial charge in [0.25, 0.3) is 5.91 Å². The van der Waals surface area contributed by atoms with E-state index in [-0.39, 0.29) is 11.1 Å². The lowest BCUT2D eigenvalue weighted by molar-refractivity contribution is 0.0692. The average molecular weight is 335 g/mol. The summed E-state index contributed by atoms with van der Waals surface area (Å²) in [6, 6.07) is 7.85. The molecule has 1 amide bonds. The Morgan fingerprint density at radius 1 is 1.25 bits per heavy atom. The predicted octanol–water partition coefficient (Wildman–Crippen LogP) is 3.10. The first kappa shape index (κ1) is 14.2. The van der Waals surface area contributed by atoms with E-state index in [0.717, 1.165) is 10.0 Å². The number of hydrogen-bond acceptors (Lipinski definition) is 3. The molecule has 2 rings (SSSR count). The van der Waals surface area contributed by atoms with Gasteiger partial charge in [0.05, 0.1) is 11.1 Å². The second-order valence-corrected chi connectivity index (χ2v) is 5.04. The molecule has 0 atom stereocenters. The van der Waals surface area contributed by atoms with Gasteiger partial charge >= 0.3 is 5.97 Å². The maximum Gasteiger partial charge on any atom is 0.336 e. The van der Waals surface area contributed by atoms with E-state index in [1.54, 1.807) is 25.3 Å². The van der Waals surface area contributed by atoms with Crippen LogP contribution in [0.5, 0.6) is 0 Å². The van der Waals surface area contributed by atoms with Crippen molar-refractivity contribution in [2.75, 3.05) is 5.32 Å². The largest absolute Gasteiger partial charge is 0.478 e. The minimum absolute atomic E-state index is 0.0419. The number of nitrogens with one attached hydrogen (secondary N) is 1. The number of pyridine rings is 1. The number of halogens is 1. The van der Waals surface area contributed by atoms with E-state index >= 15 is 0 Å². The van der Waals surface area contributed by atoms with Gasteiger partial charge in [-0.3, -0.25) is 4.79 Å². The highest BCUT2D eigenvalue weighted by Gasteiger charge is 2.16. The molecule has 0 aliphatic carbocycles. The van der Waals surface area contributed by atoms with Crippen LogP contribution in [0, 0.1) is 6.92 Å². The molecule has 0 saturated carbocycles. The van der Waals surface area contributed by atoms with Gasteiger partial charge in [-0.1, -0.05) is 12.1 Å². The van der Waals surface area contributed by atoms with E-state index < -0.39 is 11.9 Å². The molecular weight excluding hydrogens is 324 g/mol. The van der Waals surface area contributed by atoms with Gasteiger partial charge in [-0.05, 0) is 46.6 Å². The molecule has 2 N–H and O–H groups in total. The van der Waals surface area contributed by atoms with E-state index in [1.165, 1.54) is 12.1 Å². The van der Waals surface area contributed by atoms with Crippen molar-refractivity contribution >= 4 is 33.6 Å². The summed E-state index contributed by atoms with van der Waals surface area (Å²) < 4.78 is 0.805. The van der Waals surface area contributed by atoms with Crippen molar-refractivity contribution in [1.82, 2.24) is 4.98 Å². The van der Waals surface area contributed by atoms with E-state index in [1.807, 2.05) is 6.07 Å². The van der Waals surface area contributed by atoms with Crippen molar-refractivity contribution < 1.29 is 14.7 Å². The highest BCUT2D eigenvalue weighted by molar-refractivity contribution is 9.10. The maximum absolute atomic E-state index is 12.2. The van der Waals surface area contributed by atoms with Crippen LogP contribution in [0.15, 0.2) is 41.0 Å². The van der Waals surface area contributed by atoms with Crippen molar-refractivity contribution in [1.29, 1.82) is 0 Å². The number of nitrogens with zero attached hydrogens (tertiary/aromatic N) is 1. The number of rotatable bonds is 3. The van der Waals surface area contributed by atoms with Crippen LogP contribution in [-0.4, -0.2) is 22.0 Å². The van der Waals surface area contributed by atoms with Crippen LogP contribution in [0.4, 0.5) is 5.82 Å². The monoisotopic (exact) mass is 334 g/mol. The van der Waals surface area contributed by atoms with Gasteiger partial charge in [0.15, 0.2) is 0 Å². The van der Waals surface area contributed by atoms with Crippen LogP contribution in [0.1, 0.15) is 26.3 Å². The molecule has 1 heterocycles. The Morgan fingerprint density at radius 3 is 2.50 bits per heavy atom. The first-order chi connectivity index (χ1) is 9.49. The molecule has 0 aliphatic rings. The second-order valence-electron chi connectivity index (χ2n) is 4.12. The van der Waals surface area contributed by atoms with E-state index in [4.69, 9.17) is 5.11 Å². The Bertz CT molecular complexity index is 686. The number of aryl methyl sites for hydroxylation is 1. The number of aromatic carboxylic acids is 1. The van der Waals surface area contributed by atoms with Crippen molar-refractivity contribution in [3.8, 4) is 0 Å². The van der Waals surface area contributed by atoms with Crippen molar-refractivity contribution in [3.63, 3.8) is 0 Å². The van der Waals surface area contributed by atoms with Crippen LogP contribution >= 0.6 is 15.9 Å². The molecule has 0 unspecified atom stereocenters. The molecule has 0 bridgehead atoms. The third kappa shape index (κ3) is 3.03. The Kier molecular flexibility index (Phi) is 4.14. The zero-order valence-corrected chi connectivity index (χ0v) is 12.1. The lowest BCUT2D eigenvalue weighted by Gasteiger charge is -2.09. The SMILES string of the molecule is Cc1cc(Br)cnc1NC(=O)c1ccccc1C(=O)O. The van der Waals surface area contributed by atoms with Crippen molar-refractivity contribution in [3.05, 3.63) is 57.7 Å². The van der Waals surface area contributed by atoms with Gasteiger partial charge < -0.3 is 10.4 Å². The normalized spacial score (nSPS) is 10.1. The number of carboxylic acids is 1. The van der Waals surface area contributed by atoms with Gasteiger partial charge in [0.1, 0.15) is 5.82 Å². The van der Waals surface area contributed by atoms with Crippen LogP contribution in [0.25, 0.3) is 0 Å². The second kappa shape index (κ2) is 5.83. The topological polar surface area (TPSA) is 79.3 Å². The van der Waals surface area contributed by atoms with E-state index in [2.05, 4.69) is 26.2 Å². The smallest absolute Gasteiger partial charge is 0.336 e. The molecule has 1 aromatic heterocycles. The summed E-state index contributed by atoms with van der Waals surface area (Å²) in [4.78, 5) is 27.3. The predicted molar refractivity (Wildman–Crippen MR) is 78.0 cm³/mol. The zero-order chi connectivity index (χ0) is 14.7. The first-order valence-electron chi connectivity index (χ1n) is 5.75. The molecule has 0 aliphatic heterocycles. The number of benzene rings is 1. The standard InChI is InChI=1S/C14H11BrN2O3/c1-8-6-9(15)7-16-12(8)17-13(18)10-4-2-3-5-11(10)14(19)20/h2-7H,1H3,(H,19,20)(H,16,17,18). The summed E-state index contributed by atoms with van der Waals surface area (Å²) in [6.45, 7) is 1.80. The Hall–Kier alpha value is -2.21. The fraction of sp³-hybridized carbons (Fsp3) is 0.0714. The van der Waals surface area contributed by atoms with E-state index in [0.29, 0.717) is 5.82 Å². The zero-order valence-electron chi connectivity index (χ0n) is 10.6. The number of anilines is 1. The maximum atomic E-state index is 12.2. The molecule has 1 aromatic carbocycles. The number of aromatic nitrogens is 1. The number of carboxylic acid groups (broad SMARTS) is 1. The average Bonchev–Trinajstić information content (AvgIpc) is 2.41. The summed E-state index contributed by atoms with van der Waals surface area (Å²) in [5.74, 6) is -1.24. The van der Waals surface area contributed by atoms with Crippen LogP contribution in [-0.2, 0) is 0 Å². The fourth-order valence-corrected chi connectivity index (χ4v) is 2.16. The fourth-order valence-electron chi connectivity index (χ4n) is 1.71. The molecule has 102 valence electrons. The Labute approximate surface area is 123 Å². The van der Waals surface area contributed by atoms with Gasteiger partial charge in [-0.2, -0.15) is 0 Å². The molecular formula is C14H11BrN2O3. The Balaban J connectivity index is 2.31. The molecule has 2 aromatic rings. The first-order valence-corrected chi connectivity index (χ1v) is 6.54. The third-order valence-corrected chi connectivity index (χ3v) is 3.11. The van der Waals surface area contributed by atoms with Crippen LogP contribution in [0.2, 0.25) is 0 Å². The summed E-state index contributed by atoms with van der Waals surface area (Å²) in [6.07, 6.45) is 1.56. The highest BCUT2D eigenvalue weighted by atomic mass is 79.9. The minimum atomic E-state index is -1.14. The van der Waals surface area contributed by atoms with Gasteiger partial charge in [0.2, 0.25) is 0 Å². The number of carbonyl (C=O) groups excluding carboxylic acids is 1. The molecule has 0 radical (unpaired) electrons. The van der Waals surface area contributed by atoms with Crippen molar-refractivity contribution in [2.45, 2.75) is 6.92 Å². The summed E-state index contributed by atoms with van der Waals surface area (Å²) in [5, 5.41) is 11.7. The van der Waals surface area contributed by atoms with Crippen LogP contribution < -0.4 is 5.32 Å². The third-order valence-electron chi connectivity index (χ3n) is 2.68. The molecule has 6 heteroatoms. The lowest BCUT2D eigenvalue weighted by Crippen LogP contribution is -2.17. The van der Waals surface area contributed by atoms with Gasteiger partial charge in [-0.25, -0.2) is 9.78 Å². The Morgan fingerprint density at radius 2 is 1.90 bits per heavy atom. The number of hydrogen-bond donors (Lipinski definition) is 2. The summed E-state index contributed by atoms with van der Waals surface area (Å²) in [5.41, 5.74) is 0.837. The van der Waals surface area contributed by atoms with Gasteiger partial charge in [-0.15, -0.1) is 0 Å². The number of amides is 1. The lowest BCUT2D eigenvalue weighted by atomic mass is 10.1. The summed E-state index contributed by atoms with van der Waals surface area (Å²) in [7, 11) is 0. The number of carbonyl (C=O) groups is 2.